The van der Waals surface area contributed by atoms with Crippen LogP contribution in [0.5, 0.6) is 5.75 Å². The number of amides is 1. The van der Waals surface area contributed by atoms with E-state index in [0.717, 1.165) is 36.3 Å². The molecular formula is C17H21N3O2. The molecule has 5 nitrogen and oxygen atoms in total. The van der Waals surface area contributed by atoms with Crippen molar-refractivity contribution in [3.8, 4) is 5.75 Å². The molecule has 5 heteroatoms. The molecule has 3 rings (SSSR count). The number of hydrogen-bond donors (Lipinski definition) is 0. The van der Waals surface area contributed by atoms with Crippen LogP contribution in [-0.2, 0) is 11.3 Å². The highest BCUT2D eigenvalue weighted by atomic mass is 16.5. The second kappa shape index (κ2) is 6.22. The Balaban J connectivity index is 1.75. The number of benzene rings is 1. The monoisotopic (exact) mass is 299 g/mol. The maximum Gasteiger partial charge on any atom is 0.244 e. The first-order valence-corrected chi connectivity index (χ1v) is 7.60. The molecule has 1 aliphatic rings. The van der Waals surface area contributed by atoms with Gasteiger partial charge in [0.25, 0.3) is 0 Å². The molecule has 1 aromatic carbocycles. The summed E-state index contributed by atoms with van der Waals surface area (Å²) < 4.78 is 7.00. The lowest BCUT2D eigenvalue weighted by molar-refractivity contribution is -0.133. The zero-order chi connectivity index (χ0) is 15.5. The third-order valence-corrected chi connectivity index (χ3v) is 4.11. The van der Waals surface area contributed by atoms with Crippen LogP contribution >= 0.6 is 0 Å². The molecule has 0 unspecified atom stereocenters. The van der Waals surface area contributed by atoms with Gasteiger partial charge in [-0.25, -0.2) is 0 Å². The van der Waals surface area contributed by atoms with Crippen LogP contribution in [0.4, 0.5) is 0 Å². The van der Waals surface area contributed by atoms with Crippen LogP contribution in [0.1, 0.15) is 30.0 Å². The number of hydrogen-bond acceptors (Lipinski definition) is 3. The SMILES string of the molecule is COc1cccc([C@@H]2CCCN2C(=O)Cn2cc(C)cn2)c1. The van der Waals surface area contributed by atoms with Crippen LogP contribution in [0.15, 0.2) is 36.7 Å². The molecule has 2 aromatic rings. The van der Waals surface area contributed by atoms with Gasteiger partial charge in [0.15, 0.2) is 0 Å². The number of ether oxygens (including phenoxy) is 1. The summed E-state index contributed by atoms with van der Waals surface area (Å²) in [5.74, 6) is 0.952. The summed E-state index contributed by atoms with van der Waals surface area (Å²) in [6.07, 6.45) is 5.70. The molecule has 1 saturated heterocycles. The minimum atomic E-state index is 0.119. The van der Waals surface area contributed by atoms with Gasteiger partial charge < -0.3 is 9.64 Å². The van der Waals surface area contributed by atoms with Crippen molar-refractivity contribution in [2.24, 2.45) is 0 Å². The van der Waals surface area contributed by atoms with Crippen molar-refractivity contribution in [3.05, 3.63) is 47.8 Å². The van der Waals surface area contributed by atoms with E-state index in [-0.39, 0.29) is 11.9 Å². The molecule has 2 heterocycles. The molecule has 0 saturated carbocycles. The van der Waals surface area contributed by atoms with E-state index in [0.29, 0.717) is 6.54 Å². The highest BCUT2D eigenvalue weighted by Gasteiger charge is 2.30. The highest BCUT2D eigenvalue weighted by Crippen LogP contribution is 2.33. The number of aryl methyl sites for hydroxylation is 1. The fourth-order valence-corrected chi connectivity index (χ4v) is 3.04. The first kappa shape index (κ1) is 14.6. The zero-order valence-corrected chi connectivity index (χ0v) is 13.0. The van der Waals surface area contributed by atoms with Crippen molar-refractivity contribution in [2.45, 2.75) is 32.4 Å². The number of carbonyl (C=O) groups is 1. The molecule has 1 aliphatic heterocycles. The third-order valence-electron chi connectivity index (χ3n) is 4.11. The van der Waals surface area contributed by atoms with Crippen LogP contribution < -0.4 is 4.74 Å². The van der Waals surface area contributed by atoms with Crippen molar-refractivity contribution >= 4 is 5.91 Å². The lowest BCUT2D eigenvalue weighted by Crippen LogP contribution is -2.33. The second-order valence-electron chi connectivity index (χ2n) is 5.74. The van der Waals surface area contributed by atoms with E-state index in [1.807, 2.05) is 36.2 Å². The maximum atomic E-state index is 12.6. The minimum absolute atomic E-state index is 0.119. The number of rotatable bonds is 4. The fourth-order valence-electron chi connectivity index (χ4n) is 3.04. The molecule has 1 amide bonds. The van der Waals surface area contributed by atoms with E-state index in [9.17, 15) is 4.79 Å². The van der Waals surface area contributed by atoms with E-state index >= 15 is 0 Å². The normalized spacial score (nSPS) is 17.7. The Bertz CT molecular complexity index is 665. The van der Waals surface area contributed by atoms with Gasteiger partial charge in [0, 0.05) is 12.7 Å². The molecular weight excluding hydrogens is 278 g/mol. The highest BCUT2D eigenvalue weighted by molar-refractivity contribution is 5.76. The Morgan fingerprint density at radius 2 is 2.32 bits per heavy atom. The number of aromatic nitrogens is 2. The molecule has 1 atom stereocenters. The van der Waals surface area contributed by atoms with E-state index in [2.05, 4.69) is 11.2 Å². The van der Waals surface area contributed by atoms with Crippen LogP contribution in [0.25, 0.3) is 0 Å². The first-order chi connectivity index (χ1) is 10.7. The van der Waals surface area contributed by atoms with Gasteiger partial charge >= 0.3 is 0 Å². The van der Waals surface area contributed by atoms with Crippen LogP contribution in [0, 0.1) is 6.92 Å². The quantitative estimate of drug-likeness (QED) is 0.871. The minimum Gasteiger partial charge on any atom is -0.497 e. The molecule has 22 heavy (non-hydrogen) atoms. The molecule has 0 radical (unpaired) electrons. The number of carbonyl (C=O) groups excluding carboxylic acids is 1. The van der Waals surface area contributed by atoms with Gasteiger partial charge in [-0.3, -0.25) is 9.48 Å². The van der Waals surface area contributed by atoms with Crippen molar-refractivity contribution in [2.75, 3.05) is 13.7 Å². The Labute approximate surface area is 130 Å². The molecule has 0 aliphatic carbocycles. The van der Waals surface area contributed by atoms with Crippen LogP contribution in [0.3, 0.4) is 0 Å². The van der Waals surface area contributed by atoms with Gasteiger partial charge in [0.2, 0.25) is 5.91 Å². The van der Waals surface area contributed by atoms with Gasteiger partial charge in [-0.15, -0.1) is 0 Å². The summed E-state index contributed by atoms with van der Waals surface area (Å²) in [4.78, 5) is 14.6. The van der Waals surface area contributed by atoms with Gasteiger partial charge in [-0.1, -0.05) is 12.1 Å². The lowest BCUT2D eigenvalue weighted by Gasteiger charge is -2.25. The number of nitrogens with zero attached hydrogens (tertiary/aromatic N) is 3. The standard InChI is InChI=1S/C17H21N3O2/c1-13-10-18-19(11-13)12-17(21)20-8-4-7-16(20)14-5-3-6-15(9-14)22-2/h3,5-6,9-11,16H,4,7-8,12H2,1-2H3/t16-/m0/s1. The predicted octanol–water partition coefficient (Wildman–Crippen LogP) is 2.56. The molecule has 0 N–H and O–H groups in total. The second-order valence-corrected chi connectivity index (χ2v) is 5.74. The summed E-state index contributed by atoms with van der Waals surface area (Å²) >= 11 is 0. The number of methoxy groups -OCH3 is 1. The summed E-state index contributed by atoms with van der Waals surface area (Å²) in [7, 11) is 1.66. The third kappa shape index (κ3) is 2.98. The van der Waals surface area contributed by atoms with E-state index in [1.54, 1.807) is 18.0 Å². The van der Waals surface area contributed by atoms with Gasteiger partial charge in [0.05, 0.1) is 19.3 Å². The smallest absolute Gasteiger partial charge is 0.244 e. The largest absolute Gasteiger partial charge is 0.497 e. The van der Waals surface area contributed by atoms with Crippen LogP contribution in [0.2, 0.25) is 0 Å². The molecule has 0 spiro atoms. The molecule has 0 bridgehead atoms. The Kier molecular flexibility index (Phi) is 4.13. The van der Waals surface area contributed by atoms with Gasteiger partial charge in [0.1, 0.15) is 12.3 Å². The predicted molar refractivity (Wildman–Crippen MR) is 83.6 cm³/mol. The lowest BCUT2D eigenvalue weighted by atomic mass is 10.0. The van der Waals surface area contributed by atoms with E-state index in [1.165, 1.54) is 0 Å². The Morgan fingerprint density at radius 3 is 3.05 bits per heavy atom. The van der Waals surface area contributed by atoms with Crippen molar-refractivity contribution < 1.29 is 9.53 Å². The summed E-state index contributed by atoms with van der Waals surface area (Å²) in [5, 5.41) is 4.20. The van der Waals surface area contributed by atoms with Crippen molar-refractivity contribution in [1.29, 1.82) is 0 Å². The Morgan fingerprint density at radius 1 is 1.45 bits per heavy atom. The van der Waals surface area contributed by atoms with Gasteiger partial charge in [-0.2, -0.15) is 5.10 Å². The van der Waals surface area contributed by atoms with E-state index in [4.69, 9.17) is 4.74 Å². The number of likely N-dealkylation sites (tertiary alicyclic amines) is 1. The van der Waals surface area contributed by atoms with E-state index < -0.39 is 0 Å². The first-order valence-electron chi connectivity index (χ1n) is 7.60. The maximum absolute atomic E-state index is 12.6. The molecule has 1 aromatic heterocycles. The average Bonchev–Trinajstić information content (AvgIpc) is 3.16. The summed E-state index contributed by atoms with van der Waals surface area (Å²) in [6.45, 7) is 3.08. The molecule has 116 valence electrons. The topological polar surface area (TPSA) is 47.4 Å². The van der Waals surface area contributed by atoms with Gasteiger partial charge in [-0.05, 0) is 43.0 Å². The fraction of sp³-hybridized carbons (Fsp3) is 0.412. The van der Waals surface area contributed by atoms with Crippen molar-refractivity contribution in [3.63, 3.8) is 0 Å². The molecule has 1 fully saturated rings. The summed E-state index contributed by atoms with van der Waals surface area (Å²) in [5.41, 5.74) is 2.21. The average molecular weight is 299 g/mol. The summed E-state index contributed by atoms with van der Waals surface area (Å²) in [6, 6.07) is 8.13. The van der Waals surface area contributed by atoms with Crippen molar-refractivity contribution in [1.82, 2.24) is 14.7 Å². The van der Waals surface area contributed by atoms with Crippen LogP contribution in [-0.4, -0.2) is 34.2 Å². The Hall–Kier alpha value is -2.30. The zero-order valence-electron chi connectivity index (χ0n) is 13.0.